The summed E-state index contributed by atoms with van der Waals surface area (Å²) < 4.78 is 0. The standard InChI is InChI=1S/C23H34N2O/c1-16(2)17-9-8-10-18(11-17)22(5,6)24-20(26)25-15-23(7)13-19(25)12-21(3,4)14-23/h8-11,19H,1,12-15H2,2-7H3,(H,24,26)/t19-,23-/m1/s1. The normalized spacial score (nSPS) is 27.3. The van der Waals surface area contributed by atoms with Gasteiger partial charge in [0.2, 0.25) is 0 Å². The van der Waals surface area contributed by atoms with Crippen molar-refractivity contribution < 1.29 is 4.79 Å². The Labute approximate surface area is 158 Å². The fourth-order valence-electron chi connectivity index (χ4n) is 5.28. The van der Waals surface area contributed by atoms with Crippen molar-refractivity contribution in [2.75, 3.05) is 6.54 Å². The van der Waals surface area contributed by atoms with Crippen LogP contribution in [0.1, 0.15) is 71.9 Å². The number of nitrogens with one attached hydrogen (secondary N) is 1. The van der Waals surface area contributed by atoms with Crippen molar-refractivity contribution in [1.82, 2.24) is 10.2 Å². The Morgan fingerprint density at radius 1 is 1.27 bits per heavy atom. The number of carbonyl (C=O) groups excluding carboxylic acids is 1. The first-order valence-electron chi connectivity index (χ1n) is 9.76. The van der Waals surface area contributed by atoms with Gasteiger partial charge in [0.15, 0.2) is 0 Å². The zero-order valence-corrected chi connectivity index (χ0v) is 17.3. The molecule has 142 valence electrons. The number of hydrogen-bond acceptors (Lipinski definition) is 1. The number of likely N-dealkylation sites (tertiary alicyclic amines) is 1. The Balaban J connectivity index is 1.77. The molecule has 1 heterocycles. The Morgan fingerprint density at radius 3 is 2.62 bits per heavy atom. The molecule has 1 aromatic carbocycles. The van der Waals surface area contributed by atoms with E-state index in [9.17, 15) is 4.79 Å². The zero-order chi connectivity index (χ0) is 19.3. The smallest absolute Gasteiger partial charge is 0.318 e. The minimum absolute atomic E-state index is 0.0714. The maximum Gasteiger partial charge on any atom is 0.318 e. The van der Waals surface area contributed by atoms with Crippen molar-refractivity contribution in [2.24, 2.45) is 10.8 Å². The van der Waals surface area contributed by atoms with Crippen LogP contribution in [0.3, 0.4) is 0 Å². The molecule has 0 spiro atoms. The summed E-state index contributed by atoms with van der Waals surface area (Å²) in [5, 5.41) is 3.30. The maximum atomic E-state index is 13.1. The van der Waals surface area contributed by atoms with E-state index in [1.807, 2.05) is 13.0 Å². The topological polar surface area (TPSA) is 32.3 Å². The predicted octanol–water partition coefficient (Wildman–Crippen LogP) is 5.57. The number of allylic oxidation sites excluding steroid dienone is 1. The van der Waals surface area contributed by atoms with E-state index in [0.717, 1.165) is 36.1 Å². The molecule has 1 saturated carbocycles. The van der Waals surface area contributed by atoms with Crippen LogP contribution in [0.15, 0.2) is 30.8 Å². The van der Waals surface area contributed by atoms with Crippen molar-refractivity contribution in [2.45, 2.75) is 72.4 Å². The van der Waals surface area contributed by atoms with Gasteiger partial charge in [0, 0.05) is 12.6 Å². The molecule has 2 fully saturated rings. The molecule has 1 aliphatic heterocycles. The van der Waals surface area contributed by atoms with E-state index in [-0.39, 0.29) is 11.4 Å². The van der Waals surface area contributed by atoms with Crippen molar-refractivity contribution >= 4 is 11.6 Å². The number of urea groups is 1. The van der Waals surface area contributed by atoms with Gasteiger partial charge in [0.1, 0.15) is 0 Å². The van der Waals surface area contributed by atoms with Gasteiger partial charge in [-0.05, 0) is 68.1 Å². The molecular weight excluding hydrogens is 320 g/mol. The molecular formula is C23H34N2O. The van der Waals surface area contributed by atoms with Crippen LogP contribution in [0.5, 0.6) is 0 Å². The second kappa shape index (κ2) is 6.14. The lowest BCUT2D eigenvalue weighted by Crippen LogP contribution is -2.50. The number of carbonyl (C=O) groups is 1. The second-order valence-corrected chi connectivity index (χ2v) is 10.3. The molecule has 3 heteroatoms. The molecule has 0 radical (unpaired) electrons. The van der Waals surface area contributed by atoms with Gasteiger partial charge < -0.3 is 10.2 Å². The van der Waals surface area contributed by atoms with E-state index in [4.69, 9.17) is 0 Å². The SMILES string of the molecule is C=C(C)c1cccc(C(C)(C)NC(=O)N2C[C@]3(C)C[C@H]2CC(C)(C)C3)c1. The number of hydrogen-bond donors (Lipinski definition) is 1. The minimum atomic E-state index is -0.421. The average molecular weight is 355 g/mol. The highest BCUT2D eigenvalue weighted by atomic mass is 16.2. The van der Waals surface area contributed by atoms with Crippen LogP contribution >= 0.6 is 0 Å². The van der Waals surface area contributed by atoms with Crippen molar-refractivity contribution in [3.05, 3.63) is 42.0 Å². The Kier molecular flexibility index (Phi) is 4.49. The summed E-state index contributed by atoms with van der Waals surface area (Å²) in [4.78, 5) is 15.2. The van der Waals surface area contributed by atoms with Gasteiger partial charge in [-0.15, -0.1) is 0 Å². The van der Waals surface area contributed by atoms with Gasteiger partial charge in [-0.1, -0.05) is 51.1 Å². The molecule has 0 aromatic heterocycles. The van der Waals surface area contributed by atoms with E-state index < -0.39 is 5.54 Å². The zero-order valence-electron chi connectivity index (χ0n) is 17.3. The third-order valence-electron chi connectivity index (χ3n) is 6.17. The third kappa shape index (κ3) is 3.67. The Hall–Kier alpha value is -1.77. The molecule has 1 N–H and O–H groups in total. The van der Waals surface area contributed by atoms with Crippen LogP contribution in [0.4, 0.5) is 4.79 Å². The average Bonchev–Trinajstić information content (AvgIpc) is 2.76. The molecule has 1 aromatic rings. The van der Waals surface area contributed by atoms with Crippen molar-refractivity contribution in [1.29, 1.82) is 0 Å². The van der Waals surface area contributed by atoms with Crippen LogP contribution in [-0.4, -0.2) is 23.5 Å². The fraction of sp³-hybridized carbons (Fsp3) is 0.609. The minimum Gasteiger partial charge on any atom is -0.329 e. The van der Waals surface area contributed by atoms with Crippen LogP contribution in [0.2, 0.25) is 0 Å². The first-order valence-corrected chi connectivity index (χ1v) is 9.76. The number of nitrogens with zero attached hydrogens (tertiary/aromatic N) is 1. The van der Waals surface area contributed by atoms with Crippen LogP contribution < -0.4 is 5.32 Å². The number of fused-ring (bicyclic) bond motifs is 2. The fourth-order valence-corrected chi connectivity index (χ4v) is 5.28. The van der Waals surface area contributed by atoms with Crippen LogP contribution in [0, 0.1) is 10.8 Å². The second-order valence-electron chi connectivity index (χ2n) is 10.3. The van der Waals surface area contributed by atoms with Crippen LogP contribution in [0.25, 0.3) is 5.57 Å². The molecule has 1 saturated heterocycles. The molecule has 2 atom stereocenters. The molecule has 2 aliphatic rings. The van der Waals surface area contributed by atoms with Crippen molar-refractivity contribution in [3.8, 4) is 0 Å². The predicted molar refractivity (Wildman–Crippen MR) is 109 cm³/mol. The van der Waals surface area contributed by atoms with E-state index in [1.165, 1.54) is 6.42 Å². The molecule has 0 unspecified atom stereocenters. The Bertz CT molecular complexity index is 733. The first kappa shape index (κ1) is 19.0. The van der Waals surface area contributed by atoms with Gasteiger partial charge in [0.05, 0.1) is 5.54 Å². The number of amides is 2. The third-order valence-corrected chi connectivity index (χ3v) is 6.17. The largest absolute Gasteiger partial charge is 0.329 e. The summed E-state index contributed by atoms with van der Waals surface area (Å²) in [6.45, 7) is 18.1. The summed E-state index contributed by atoms with van der Waals surface area (Å²) in [6, 6.07) is 8.76. The molecule has 26 heavy (non-hydrogen) atoms. The highest BCUT2D eigenvalue weighted by Crippen LogP contribution is 2.52. The highest BCUT2D eigenvalue weighted by molar-refractivity contribution is 5.76. The van der Waals surface area contributed by atoms with Gasteiger partial charge in [-0.3, -0.25) is 0 Å². The van der Waals surface area contributed by atoms with Gasteiger partial charge in [0.25, 0.3) is 0 Å². The molecule has 2 amide bonds. The number of benzene rings is 1. The van der Waals surface area contributed by atoms with E-state index in [0.29, 0.717) is 11.5 Å². The molecule has 3 rings (SSSR count). The van der Waals surface area contributed by atoms with Gasteiger partial charge in [-0.2, -0.15) is 0 Å². The summed E-state index contributed by atoms with van der Waals surface area (Å²) in [6.07, 6.45) is 3.43. The summed E-state index contributed by atoms with van der Waals surface area (Å²) in [7, 11) is 0. The van der Waals surface area contributed by atoms with Gasteiger partial charge in [-0.25, -0.2) is 4.79 Å². The lowest BCUT2D eigenvalue weighted by Gasteiger charge is -2.39. The highest BCUT2D eigenvalue weighted by Gasteiger charge is 2.51. The lowest BCUT2D eigenvalue weighted by atomic mass is 9.65. The molecule has 1 aliphatic carbocycles. The van der Waals surface area contributed by atoms with Crippen molar-refractivity contribution in [3.63, 3.8) is 0 Å². The maximum absolute atomic E-state index is 13.1. The molecule has 2 bridgehead atoms. The Morgan fingerprint density at radius 2 is 1.96 bits per heavy atom. The quantitative estimate of drug-likeness (QED) is 0.756. The summed E-state index contributed by atoms with van der Waals surface area (Å²) in [5.74, 6) is 0. The number of rotatable bonds is 3. The summed E-state index contributed by atoms with van der Waals surface area (Å²) >= 11 is 0. The van der Waals surface area contributed by atoms with E-state index >= 15 is 0 Å². The van der Waals surface area contributed by atoms with E-state index in [1.54, 1.807) is 0 Å². The van der Waals surface area contributed by atoms with Gasteiger partial charge >= 0.3 is 6.03 Å². The summed E-state index contributed by atoms with van der Waals surface area (Å²) in [5.41, 5.74) is 3.43. The lowest BCUT2D eigenvalue weighted by molar-refractivity contribution is 0.128. The van der Waals surface area contributed by atoms with E-state index in [2.05, 4.69) is 69.6 Å². The monoisotopic (exact) mass is 354 g/mol. The molecule has 3 nitrogen and oxygen atoms in total. The first-order chi connectivity index (χ1) is 11.9. The van der Waals surface area contributed by atoms with Crippen LogP contribution in [-0.2, 0) is 5.54 Å².